The lowest BCUT2D eigenvalue weighted by Gasteiger charge is -2.06. The summed E-state index contributed by atoms with van der Waals surface area (Å²) in [5.74, 6) is -0.202. The van der Waals surface area contributed by atoms with Gasteiger partial charge < -0.3 is 4.79 Å². The molecular formula is C10H8INO. The molecule has 1 unspecified atom stereocenters. The van der Waals surface area contributed by atoms with E-state index in [0.717, 1.165) is 15.4 Å². The fourth-order valence-electron chi connectivity index (χ4n) is 1.10. The van der Waals surface area contributed by atoms with Gasteiger partial charge in [0.25, 0.3) is 0 Å². The Balaban J connectivity index is 3.22. The van der Waals surface area contributed by atoms with Gasteiger partial charge in [-0.3, -0.25) is 0 Å². The first-order valence-corrected chi connectivity index (χ1v) is 4.91. The molecule has 0 bridgehead atoms. The van der Waals surface area contributed by atoms with Crippen LogP contribution in [0.25, 0.3) is 0 Å². The summed E-state index contributed by atoms with van der Waals surface area (Å²) in [5, 5.41) is 8.82. The van der Waals surface area contributed by atoms with Crippen molar-refractivity contribution < 1.29 is 4.79 Å². The zero-order valence-electron chi connectivity index (χ0n) is 7.12. The van der Waals surface area contributed by atoms with Gasteiger partial charge in [0.1, 0.15) is 6.29 Å². The minimum Gasteiger partial charge on any atom is -0.303 e. The van der Waals surface area contributed by atoms with Crippen molar-refractivity contribution in [2.75, 3.05) is 0 Å². The van der Waals surface area contributed by atoms with Crippen LogP contribution in [-0.2, 0) is 4.79 Å². The number of halogens is 1. The lowest BCUT2D eigenvalue weighted by molar-refractivity contribution is -0.108. The molecule has 0 amide bonds. The fraction of sp³-hybridized carbons (Fsp3) is 0.200. The highest BCUT2D eigenvalue weighted by atomic mass is 127. The molecule has 2 nitrogen and oxygen atoms in total. The third-order valence-corrected chi connectivity index (χ3v) is 2.50. The highest BCUT2D eigenvalue weighted by Crippen LogP contribution is 2.19. The summed E-state index contributed by atoms with van der Waals surface area (Å²) in [6.07, 6.45) is 0.850. The van der Waals surface area contributed by atoms with E-state index in [0.29, 0.717) is 5.56 Å². The average molecular weight is 285 g/mol. The summed E-state index contributed by atoms with van der Waals surface area (Å²) in [7, 11) is 0. The second kappa shape index (κ2) is 4.38. The third-order valence-electron chi connectivity index (χ3n) is 1.83. The van der Waals surface area contributed by atoms with E-state index in [1.165, 1.54) is 0 Å². The van der Waals surface area contributed by atoms with Gasteiger partial charge in [0.2, 0.25) is 0 Å². The van der Waals surface area contributed by atoms with E-state index in [1.807, 2.05) is 12.1 Å². The van der Waals surface area contributed by atoms with Gasteiger partial charge in [-0.15, -0.1) is 0 Å². The summed E-state index contributed by atoms with van der Waals surface area (Å²) >= 11 is 2.14. The van der Waals surface area contributed by atoms with Crippen LogP contribution in [0.3, 0.4) is 0 Å². The second-order valence-electron chi connectivity index (χ2n) is 2.77. The molecule has 0 fully saturated rings. The van der Waals surface area contributed by atoms with E-state index in [4.69, 9.17) is 5.26 Å². The molecule has 0 aromatic heterocycles. The first kappa shape index (κ1) is 10.2. The molecule has 0 radical (unpaired) electrons. The van der Waals surface area contributed by atoms with E-state index in [-0.39, 0.29) is 5.92 Å². The molecule has 3 heteroatoms. The number of rotatable bonds is 2. The van der Waals surface area contributed by atoms with Crippen molar-refractivity contribution >= 4 is 28.9 Å². The monoisotopic (exact) mass is 285 g/mol. The Morgan fingerprint density at radius 2 is 2.31 bits per heavy atom. The van der Waals surface area contributed by atoms with Gasteiger partial charge in [-0.2, -0.15) is 5.26 Å². The number of carbonyl (C=O) groups is 1. The smallest absolute Gasteiger partial charge is 0.127 e. The van der Waals surface area contributed by atoms with Gasteiger partial charge in [-0.1, -0.05) is 13.0 Å². The zero-order chi connectivity index (χ0) is 9.84. The molecule has 0 saturated carbocycles. The molecule has 66 valence electrons. The van der Waals surface area contributed by atoms with Crippen LogP contribution in [0.5, 0.6) is 0 Å². The summed E-state index contributed by atoms with van der Waals surface area (Å²) in [6, 6.07) is 7.61. The molecule has 1 rings (SSSR count). The van der Waals surface area contributed by atoms with Crippen LogP contribution in [0.2, 0.25) is 0 Å². The number of nitrogens with zero attached hydrogens (tertiary/aromatic N) is 1. The molecule has 0 aliphatic heterocycles. The van der Waals surface area contributed by atoms with Crippen LogP contribution in [-0.4, -0.2) is 6.29 Å². The maximum absolute atomic E-state index is 10.5. The third kappa shape index (κ3) is 2.28. The van der Waals surface area contributed by atoms with Crippen LogP contribution in [0, 0.1) is 14.9 Å². The van der Waals surface area contributed by atoms with Gasteiger partial charge in [-0.05, 0) is 40.3 Å². The van der Waals surface area contributed by atoms with Gasteiger partial charge in [0.05, 0.1) is 11.6 Å². The predicted molar refractivity (Wildman–Crippen MR) is 58.4 cm³/mol. The van der Waals surface area contributed by atoms with Crippen molar-refractivity contribution in [3.05, 3.63) is 32.9 Å². The number of aldehydes is 1. The SMILES string of the molecule is CC(C=O)c1ccc(I)cc1C#N. The van der Waals surface area contributed by atoms with Crippen LogP contribution in [0.4, 0.5) is 0 Å². The number of nitriles is 1. The number of carbonyl (C=O) groups excluding carboxylic acids is 1. The van der Waals surface area contributed by atoms with Crippen LogP contribution in [0.15, 0.2) is 18.2 Å². The molecule has 1 aromatic rings. The molecule has 1 atom stereocenters. The first-order valence-electron chi connectivity index (χ1n) is 3.84. The lowest BCUT2D eigenvalue weighted by Crippen LogP contribution is -1.98. The Kier molecular flexibility index (Phi) is 3.43. The van der Waals surface area contributed by atoms with E-state index in [9.17, 15) is 4.79 Å². The number of hydrogen-bond donors (Lipinski definition) is 0. The van der Waals surface area contributed by atoms with E-state index in [2.05, 4.69) is 28.7 Å². The zero-order valence-corrected chi connectivity index (χ0v) is 9.28. The maximum Gasteiger partial charge on any atom is 0.127 e. The van der Waals surface area contributed by atoms with Crippen LogP contribution in [0.1, 0.15) is 24.0 Å². The van der Waals surface area contributed by atoms with Crippen molar-refractivity contribution in [1.29, 1.82) is 5.26 Å². The van der Waals surface area contributed by atoms with Gasteiger partial charge in [0.15, 0.2) is 0 Å². The highest BCUT2D eigenvalue weighted by Gasteiger charge is 2.09. The van der Waals surface area contributed by atoms with Gasteiger partial charge in [0, 0.05) is 9.49 Å². The first-order chi connectivity index (χ1) is 6.19. The minimum absolute atomic E-state index is 0.202. The number of benzene rings is 1. The maximum atomic E-state index is 10.5. The highest BCUT2D eigenvalue weighted by molar-refractivity contribution is 14.1. The van der Waals surface area contributed by atoms with E-state index in [1.54, 1.807) is 13.0 Å². The van der Waals surface area contributed by atoms with Crippen LogP contribution >= 0.6 is 22.6 Å². The van der Waals surface area contributed by atoms with Gasteiger partial charge in [-0.25, -0.2) is 0 Å². The van der Waals surface area contributed by atoms with Crippen LogP contribution < -0.4 is 0 Å². The minimum atomic E-state index is -0.202. The molecule has 0 saturated heterocycles. The average Bonchev–Trinajstić information content (AvgIpc) is 2.16. The lowest BCUT2D eigenvalue weighted by atomic mass is 9.98. The summed E-state index contributed by atoms with van der Waals surface area (Å²) in [4.78, 5) is 10.5. The molecule has 0 aliphatic rings. The Morgan fingerprint density at radius 3 is 2.85 bits per heavy atom. The summed E-state index contributed by atoms with van der Waals surface area (Å²) < 4.78 is 1.01. The fourth-order valence-corrected chi connectivity index (χ4v) is 1.59. The Bertz CT molecular complexity index is 368. The molecule has 0 heterocycles. The molecule has 1 aromatic carbocycles. The molecule has 0 aliphatic carbocycles. The van der Waals surface area contributed by atoms with Crippen molar-refractivity contribution in [3.63, 3.8) is 0 Å². The van der Waals surface area contributed by atoms with Crippen molar-refractivity contribution in [1.82, 2.24) is 0 Å². The van der Waals surface area contributed by atoms with Crippen molar-refractivity contribution in [2.45, 2.75) is 12.8 Å². The standard InChI is InChI=1S/C10H8INO/c1-7(6-13)10-3-2-9(11)4-8(10)5-12/h2-4,6-7H,1H3. The molecule has 0 N–H and O–H groups in total. The Morgan fingerprint density at radius 1 is 1.62 bits per heavy atom. The molecular weight excluding hydrogens is 277 g/mol. The summed E-state index contributed by atoms with van der Waals surface area (Å²) in [5.41, 5.74) is 1.39. The van der Waals surface area contributed by atoms with E-state index < -0.39 is 0 Å². The Hall–Kier alpha value is -0.890. The number of hydrogen-bond acceptors (Lipinski definition) is 2. The van der Waals surface area contributed by atoms with Crippen molar-refractivity contribution in [2.24, 2.45) is 0 Å². The summed E-state index contributed by atoms with van der Waals surface area (Å²) in [6.45, 7) is 1.79. The molecule has 0 spiro atoms. The normalized spacial score (nSPS) is 11.8. The van der Waals surface area contributed by atoms with Gasteiger partial charge >= 0.3 is 0 Å². The van der Waals surface area contributed by atoms with E-state index >= 15 is 0 Å². The van der Waals surface area contributed by atoms with Crippen molar-refractivity contribution in [3.8, 4) is 6.07 Å². The topological polar surface area (TPSA) is 40.9 Å². The largest absolute Gasteiger partial charge is 0.303 e. The quantitative estimate of drug-likeness (QED) is 0.618. The Labute approximate surface area is 90.7 Å². The predicted octanol–water partition coefficient (Wildman–Crippen LogP) is 2.47. The molecule has 13 heavy (non-hydrogen) atoms. The second-order valence-corrected chi connectivity index (χ2v) is 4.01.